The van der Waals surface area contributed by atoms with Gasteiger partial charge in [-0.1, -0.05) is 6.07 Å². The summed E-state index contributed by atoms with van der Waals surface area (Å²) in [6, 6.07) is 4.73. The Bertz CT molecular complexity index is 914. The highest BCUT2D eigenvalue weighted by atomic mass is 32.2. The Morgan fingerprint density at radius 3 is 2.74 bits per heavy atom. The molecule has 0 fully saturated rings. The molecule has 0 spiro atoms. The number of thioether (sulfide) groups is 1. The van der Waals surface area contributed by atoms with Gasteiger partial charge in [0.2, 0.25) is 5.91 Å². The average Bonchev–Trinajstić information content (AvgIpc) is 3.16. The first-order valence-corrected chi connectivity index (χ1v) is 11.9. The molecule has 2 rings (SSSR count). The molecule has 7 nitrogen and oxygen atoms in total. The summed E-state index contributed by atoms with van der Waals surface area (Å²) in [5, 5.41) is 8.10. The number of hydrogen-bond acceptors (Lipinski definition) is 7. The topological polar surface area (TPSA) is 100 Å². The summed E-state index contributed by atoms with van der Waals surface area (Å²) in [7, 11) is -2.31. The van der Waals surface area contributed by atoms with Gasteiger partial charge in [0, 0.05) is 23.5 Å². The van der Waals surface area contributed by atoms with E-state index in [9.17, 15) is 13.2 Å². The van der Waals surface area contributed by atoms with Crippen molar-refractivity contribution in [2.45, 2.75) is 29.2 Å². The number of thiazole rings is 1. The highest BCUT2D eigenvalue weighted by molar-refractivity contribution is 7.99. The highest BCUT2D eigenvalue weighted by Crippen LogP contribution is 2.26. The van der Waals surface area contributed by atoms with E-state index in [1.807, 2.05) is 12.3 Å². The number of benzene rings is 1. The lowest BCUT2D eigenvalue weighted by molar-refractivity contribution is -0.121. The number of thiocarbonyl (C=S) groups is 1. The number of nitrogens with one attached hydrogen (secondary N) is 3. The molecule has 11 heteroatoms. The fourth-order valence-electron chi connectivity index (χ4n) is 2.26. The molecule has 146 valence electrons. The van der Waals surface area contributed by atoms with Crippen molar-refractivity contribution in [3.05, 3.63) is 40.3 Å². The Morgan fingerprint density at radius 2 is 2.15 bits per heavy atom. The molecule has 27 heavy (non-hydrogen) atoms. The Morgan fingerprint density at radius 1 is 1.41 bits per heavy atom. The van der Waals surface area contributed by atoms with Gasteiger partial charge in [-0.25, -0.2) is 13.4 Å². The molecule has 0 aliphatic rings. The second-order valence-corrected chi connectivity index (χ2v) is 9.34. The van der Waals surface area contributed by atoms with Gasteiger partial charge in [0.05, 0.1) is 12.5 Å². The predicted molar refractivity (Wildman–Crippen MR) is 113 cm³/mol. The molecule has 1 aromatic carbocycles. The summed E-state index contributed by atoms with van der Waals surface area (Å²) in [6.07, 6.45) is 3.53. The van der Waals surface area contributed by atoms with Crippen molar-refractivity contribution in [1.82, 2.24) is 20.3 Å². The van der Waals surface area contributed by atoms with Crippen LogP contribution in [0.15, 0.2) is 39.6 Å². The molecular formula is C16H20N4O3S4. The van der Waals surface area contributed by atoms with Gasteiger partial charge in [0.1, 0.15) is 9.90 Å². The Labute approximate surface area is 172 Å². The number of hydrogen-bond donors (Lipinski definition) is 3. The lowest BCUT2D eigenvalue weighted by Gasteiger charge is -2.14. The van der Waals surface area contributed by atoms with E-state index in [4.69, 9.17) is 12.2 Å². The monoisotopic (exact) mass is 444 g/mol. The normalized spacial score (nSPS) is 12.3. The average molecular weight is 445 g/mol. The van der Waals surface area contributed by atoms with Gasteiger partial charge in [-0.3, -0.25) is 9.52 Å². The van der Waals surface area contributed by atoms with Crippen LogP contribution in [-0.4, -0.2) is 37.7 Å². The van der Waals surface area contributed by atoms with E-state index in [2.05, 4.69) is 20.3 Å². The maximum atomic E-state index is 12.6. The van der Waals surface area contributed by atoms with Crippen molar-refractivity contribution in [3.63, 3.8) is 0 Å². The summed E-state index contributed by atoms with van der Waals surface area (Å²) >= 11 is 7.66. The first-order chi connectivity index (χ1) is 12.8. The number of rotatable bonds is 7. The fourth-order valence-corrected chi connectivity index (χ4v) is 5.37. The van der Waals surface area contributed by atoms with Crippen molar-refractivity contribution in [2.75, 3.05) is 13.3 Å². The first kappa shape index (κ1) is 21.6. The minimum absolute atomic E-state index is 0.00229. The minimum atomic E-state index is -3.85. The zero-order valence-corrected chi connectivity index (χ0v) is 18.2. The van der Waals surface area contributed by atoms with Gasteiger partial charge < -0.3 is 10.6 Å². The molecule has 1 atom stereocenters. The maximum absolute atomic E-state index is 12.6. The molecule has 0 aliphatic carbocycles. The molecule has 0 saturated heterocycles. The molecule has 0 aliphatic heterocycles. The van der Waals surface area contributed by atoms with Crippen molar-refractivity contribution in [3.8, 4) is 0 Å². The van der Waals surface area contributed by atoms with E-state index in [0.29, 0.717) is 10.5 Å². The predicted octanol–water partition coefficient (Wildman–Crippen LogP) is 2.07. The standard InChI is InChI=1S/C16H20N4O3S4/c1-10(15-18-6-7-26-15)19-14(21)9-11-4-5-12(25-3)13(8-11)27(22,23)20-16(24)17-2/h4-8,10H,9H2,1-3H3,(H,19,21)(H2,17,20,24). The van der Waals surface area contributed by atoms with Crippen LogP contribution >= 0.6 is 35.3 Å². The summed E-state index contributed by atoms with van der Waals surface area (Å²) in [6.45, 7) is 1.85. The van der Waals surface area contributed by atoms with E-state index < -0.39 is 10.0 Å². The summed E-state index contributed by atoms with van der Waals surface area (Å²) in [5.41, 5.74) is 0.590. The second kappa shape index (κ2) is 9.49. The largest absolute Gasteiger partial charge is 0.365 e. The SMILES string of the molecule is CNC(=S)NS(=O)(=O)c1cc(CC(=O)NC(C)c2nccs2)ccc1SC. The van der Waals surface area contributed by atoms with Gasteiger partial charge in [0.15, 0.2) is 5.11 Å². The van der Waals surface area contributed by atoms with Crippen LogP contribution in [0.3, 0.4) is 0 Å². The van der Waals surface area contributed by atoms with Crippen LogP contribution in [0.25, 0.3) is 0 Å². The van der Waals surface area contributed by atoms with Crippen LogP contribution in [0.2, 0.25) is 0 Å². The number of carbonyl (C=O) groups excluding carboxylic acids is 1. The lowest BCUT2D eigenvalue weighted by Crippen LogP contribution is -2.37. The molecular weight excluding hydrogens is 424 g/mol. The molecule has 0 saturated carbocycles. The van der Waals surface area contributed by atoms with E-state index in [1.54, 1.807) is 24.6 Å². The summed E-state index contributed by atoms with van der Waals surface area (Å²) < 4.78 is 27.5. The number of carbonyl (C=O) groups is 1. The van der Waals surface area contributed by atoms with Gasteiger partial charge >= 0.3 is 0 Å². The zero-order chi connectivity index (χ0) is 20.0. The molecule has 1 unspecified atom stereocenters. The second-order valence-electron chi connectivity index (χ2n) is 5.51. The smallest absolute Gasteiger partial charge is 0.264 e. The van der Waals surface area contributed by atoms with Gasteiger partial charge in [-0.15, -0.1) is 23.1 Å². The molecule has 0 bridgehead atoms. The van der Waals surface area contributed by atoms with Crippen molar-refractivity contribution >= 4 is 56.4 Å². The van der Waals surface area contributed by atoms with Gasteiger partial charge in [-0.2, -0.15) is 0 Å². The number of amides is 1. The van der Waals surface area contributed by atoms with Crippen LogP contribution in [0.4, 0.5) is 0 Å². The molecule has 1 heterocycles. The number of sulfonamides is 1. The van der Waals surface area contributed by atoms with E-state index in [1.165, 1.54) is 36.2 Å². The molecule has 0 radical (unpaired) electrons. The van der Waals surface area contributed by atoms with E-state index >= 15 is 0 Å². The van der Waals surface area contributed by atoms with Crippen molar-refractivity contribution in [2.24, 2.45) is 0 Å². The van der Waals surface area contributed by atoms with Crippen LogP contribution in [0, 0.1) is 0 Å². The zero-order valence-electron chi connectivity index (χ0n) is 15.0. The lowest BCUT2D eigenvalue weighted by atomic mass is 10.1. The van der Waals surface area contributed by atoms with Gasteiger partial charge in [0.25, 0.3) is 10.0 Å². The minimum Gasteiger partial charge on any atom is -0.365 e. The Hall–Kier alpha value is -1.69. The van der Waals surface area contributed by atoms with Crippen LogP contribution < -0.4 is 15.4 Å². The molecule has 1 aromatic heterocycles. The first-order valence-electron chi connectivity index (χ1n) is 7.87. The van der Waals surface area contributed by atoms with Crippen LogP contribution in [-0.2, 0) is 21.2 Å². The molecule has 1 amide bonds. The highest BCUT2D eigenvalue weighted by Gasteiger charge is 2.21. The third-order valence-electron chi connectivity index (χ3n) is 3.54. The Kier molecular flexibility index (Phi) is 7.59. The molecule has 2 aromatic rings. The van der Waals surface area contributed by atoms with Crippen molar-refractivity contribution in [1.29, 1.82) is 0 Å². The Balaban J connectivity index is 2.18. The number of nitrogens with zero attached hydrogens (tertiary/aromatic N) is 1. The number of aromatic nitrogens is 1. The summed E-state index contributed by atoms with van der Waals surface area (Å²) in [5.74, 6) is -0.211. The van der Waals surface area contributed by atoms with E-state index in [0.717, 1.165) is 5.01 Å². The third kappa shape index (κ3) is 5.89. The maximum Gasteiger partial charge on any atom is 0.264 e. The third-order valence-corrected chi connectivity index (χ3v) is 7.24. The van der Waals surface area contributed by atoms with E-state index in [-0.39, 0.29) is 28.4 Å². The molecule has 3 N–H and O–H groups in total. The summed E-state index contributed by atoms with van der Waals surface area (Å²) in [4.78, 5) is 17.2. The van der Waals surface area contributed by atoms with Crippen molar-refractivity contribution < 1.29 is 13.2 Å². The van der Waals surface area contributed by atoms with Gasteiger partial charge in [-0.05, 0) is 43.1 Å². The van der Waals surface area contributed by atoms with Crippen LogP contribution in [0.5, 0.6) is 0 Å². The fraction of sp³-hybridized carbons (Fsp3) is 0.312. The quantitative estimate of drug-likeness (QED) is 0.444. The van der Waals surface area contributed by atoms with Crippen LogP contribution in [0.1, 0.15) is 23.5 Å².